The zero-order chi connectivity index (χ0) is 9.31. The van der Waals surface area contributed by atoms with Crippen LogP contribution in [0.4, 0.5) is 0 Å². The second kappa shape index (κ2) is 3.29. The summed E-state index contributed by atoms with van der Waals surface area (Å²) in [5, 5.41) is 0. The number of ether oxygens (including phenoxy) is 1. The molecular weight excluding hydrogens is 166 g/mol. The summed E-state index contributed by atoms with van der Waals surface area (Å²) in [6.45, 7) is 0.716. The average molecular weight is 183 g/mol. The van der Waals surface area contributed by atoms with E-state index in [0.717, 1.165) is 19.3 Å². The summed E-state index contributed by atoms with van der Waals surface area (Å²) in [7, 11) is 0. The first-order valence-electron chi connectivity index (χ1n) is 5.16. The Kier molecular flexibility index (Phi) is 2.28. The van der Waals surface area contributed by atoms with E-state index in [0.29, 0.717) is 6.61 Å². The number of hydrogen-bond acceptors (Lipinski definition) is 2. The minimum Gasteiger partial charge on any atom is -0.368 e. The van der Waals surface area contributed by atoms with Crippen LogP contribution in [0.5, 0.6) is 0 Å². The lowest BCUT2D eigenvalue weighted by atomic mass is 9.69. The van der Waals surface area contributed by atoms with E-state index >= 15 is 0 Å². The molecule has 2 N–H and O–H groups in total. The first kappa shape index (κ1) is 9.00. The molecular formula is C10H17NO2. The van der Waals surface area contributed by atoms with Crippen LogP contribution >= 0.6 is 0 Å². The highest BCUT2D eigenvalue weighted by Crippen LogP contribution is 2.46. The molecule has 1 amide bonds. The van der Waals surface area contributed by atoms with Gasteiger partial charge in [0, 0.05) is 12.0 Å². The lowest BCUT2D eigenvalue weighted by molar-refractivity contribution is -0.132. The molecule has 74 valence electrons. The molecule has 0 aromatic heterocycles. The topological polar surface area (TPSA) is 52.3 Å². The van der Waals surface area contributed by atoms with E-state index in [1.54, 1.807) is 0 Å². The molecule has 1 aliphatic heterocycles. The first-order valence-corrected chi connectivity index (χ1v) is 5.16. The lowest BCUT2D eigenvalue weighted by Crippen LogP contribution is -2.42. The maximum Gasteiger partial charge on any atom is 0.247 e. The molecule has 2 rings (SSSR count). The fourth-order valence-corrected chi connectivity index (χ4v) is 2.84. The largest absolute Gasteiger partial charge is 0.368 e. The Labute approximate surface area is 78.6 Å². The van der Waals surface area contributed by atoms with Crippen molar-refractivity contribution in [2.24, 2.45) is 11.1 Å². The molecule has 0 aromatic rings. The molecule has 3 heteroatoms. The minimum absolute atomic E-state index is 0.115. The number of amides is 1. The van der Waals surface area contributed by atoms with Crippen LogP contribution in [0.25, 0.3) is 0 Å². The predicted molar refractivity (Wildman–Crippen MR) is 49.1 cm³/mol. The van der Waals surface area contributed by atoms with Gasteiger partial charge in [0.1, 0.15) is 6.10 Å². The van der Waals surface area contributed by atoms with Crippen LogP contribution in [-0.2, 0) is 9.53 Å². The monoisotopic (exact) mass is 183 g/mol. The van der Waals surface area contributed by atoms with Gasteiger partial charge in [0.25, 0.3) is 0 Å². The van der Waals surface area contributed by atoms with Crippen molar-refractivity contribution in [2.45, 2.75) is 44.6 Å². The summed E-state index contributed by atoms with van der Waals surface area (Å²) < 4.78 is 5.43. The SMILES string of the molecule is NC(=O)C1OCCC12CCCCC2. The summed E-state index contributed by atoms with van der Waals surface area (Å²) in [4.78, 5) is 11.2. The van der Waals surface area contributed by atoms with Crippen LogP contribution in [0.1, 0.15) is 38.5 Å². The predicted octanol–water partition coefficient (Wildman–Crippen LogP) is 1.21. The van der Waals surface area contributed by atoms with E-state index in [2.05, 4.69) is 0 Å². The van der Waals surface area contributed by atoms with E-state index in [9.17, 15) is 4.79 Å². The highest BCUT2D eigenvalue weighted by atomic mass is 16.5. The van der Waals surface area contributed by atoms with E-state index in [1.165, 1.54) is 19.3 Å². The lowest BCUT2D eigenvalue weighted by Gasteiger charge is -2.35. The van der Waals surface area contributed by atoms with Crippen LogP contribution in [-0.4, -0.2) is 18.6 Å². The van der Waals surface area contributed by atoms with Crippen LogP contribution in [0.15, 0.2) is 0 Å². The van der Waals surface area contributed by atoms with Crippen molar-refractivity contribution in [3.05, 3.63) is 0 Å². The highest BCUT2D eigenvalue weighted by Gasteiger charge is 2.47. The third-order valence-electron chi connectivity index (χ3n) is 3.55. The van der Waals surface area contributed by atoms with Crippen molar-refractivity contribution in [3.63, 3.8) is 0 Å². The van der Waals surface area contributed by atoms with Crippen LogP contribution in [0.2, 0.25) is 0 Å². The zero-order valence-electron chi connectivity index (χ0n) is 7.92. The molecule has 1 aliphatic carbocycles. The summed E-state index contributed by atoms with van der Waals surface area (Å²) in [6.07, 6.45) is 6.74. The smallest absolute Gasteiger partial charge is 0.247 e. The van der Waals surface area contributed by atoms with Gasteiger partial charge in [-0.1, -0.05) is 19.3 Å². The standard InChI is InChI=1S/C10H17NO2/c11-9(12)8-10(6-7-13-8)4-2-1-3-5-10/h8H,1-7H2,(H2,11,12). The fourth-order valence-electron chi connectivity index (χ4n) is 2.84. The Morgan fingerprint density at radius 1 is 1.23 bits per heavy atom. The van der Waals surface area contributed by atoms with E-state index < -0.39 is 0 Å². The van der Waals surface area contributed by atoms with Gasteiger partial charge in [0.05, 0.1) is 0 Å². The fraction of sp³-hybridized carbons (Fsp3) is 0.900. The third kappa shape index (κ3) is 1.46. The molecule has 0 bridgehead atoms. The molecule has 0 aromatic carbocycles. The van der Waals surface area contributed by atoms with Gasteiger partial charge in [0.15, 0.2) is 0 Å². The molecule has 2 fully saturated rings. The Balaban J connectivity index is 2.13. The second-order valence-electron chi connectivity index (χ2n) is 4.33. The molecule has 1 saturated carbocycles. The van der Waals surface area contributed by atoms with E-state index in [4.69, 9.17) is 10.5 Å². The van der Waals surface area contributed by atoms with Crippen molar-refractivity contribution in [1.29, 1.82) is 0 Å². The molecule has 2 aliphatic rings. The van der Waals surface area contributed by atoms with Gasteiger partial charge in [-0.05, 0) is 19.3 Å². The number of carbonyl (C=O) groups excluding carboxylic acids is 1. The highest BCUT2D eigenvalue weighted by molar-refractivity contribution is 5.80. The van der Waals surface area contributed by atoms with Crippen LogP contribution in [0, 0.1) is 5.41 Å². The second-order valence-corrected chi connectivity index (χ2v) is 4.33. The maximum absolute atomic E-state index is 11.2. The summed E-state index contributed by atoms with van der Waals surface area (Å²) >= 11 is 0. The van der Waals surface area contributed by atoms with Crippen molar-refractivity contribution in [2.75, 3.05) is 6.61 Å². The van der Waals surface area contributed by atoms with Crippen molar-refractivity contribution >= 4 is 5.91 Å². The van der Waals surface area contributed by atoms with Crippen molar-refractivity contribution in [1.82, 2.24) is 0 Å². The normalized spacial score (nSPS) is 32.2. The molecule has 13 heavy (non-hydrogen) atoms. The quantitative estimate of drug-likeness (QED) is 0.664. The Bertz CT molecular complexity index is 209. The van der Waals surface area contributed by atoms with E-state index in [1.807, 2.05) is 0 Å². The molecule has 1 atom stereocenters. The Morgan fingerprint density at radius 2 is 1.92 bits per heavy atom. The van der Waals surface area contributed by atoms with Crippen LogP contribution in [0.3, 0.4) is 0 Å². The van der Waals surface area contributed by atoms with Crippen LogP contribution < -0.4 is 5.73 Å². The summed E-state index contributed by atoms with van der Waals surface area (Å²) in [5.74, 6) is -0.264. The van der Waals surface area contributed by atoms with Gasteiger partial charge in [-0.25, -0.2) is 0 Å². The molecule has 0 radical (unpaired) electrons. The Morgan fingerprint density at radius 3 is 2.54 bits per heavy atom. The minimum atomic E-state index is -0.298. The number of rotatable bonds is 1. The third-order valence-corrected chi connectivity index (χ3v) is 3.55. The molecule has 1 spiro atoms. The van der Waals surface area contributed by atoms with Gasteiger partial charge in [-0.15, -0.1) is 0 Å². The van der Waals surface area contributed by atoms with Crippen molar-refractivity contribution < 1.29 is 9.53 Å². The van der Waals surface area contributed by atoms with E-state index in [-0.39, 0.29) is 17.4 Å². The van der Waals surface area contributed by atoms with Gasteiger partial charge in [-0.3, -0.25) is 4.79 Å². The van der Waals surface area contributed by atoms with Gasteiger partial charge in [-0.2, -0.15) is 0 Å². The number of nitrogens with two attached hydrogens (primary N) is 1. The average Bonchev–Trinajstić information content (AvgIpc) is 2.50. The zero-order valence-corrected chi connectivity index (χ0v) is 7.92. The van der Waals surface area contributed by atoms with Crippen molar-refractivity contribution in [3.8, 4) is 0 Å². The maximum atomic E-state index is 11.2. The van der Waals surface area contributed by atoms with Gasteiger partial charge < -0.3 is 10.5 Å². The molecule has 1 unspecified atom stereocenters. The number of hydrogen-bond donors (Lipinski definition) is 1. The molecule has 1 heterocycles. The molecule has 1 saturated heterocycles. The number of primary amides is 1. The molecule has 3 nitrogen and oxygen atoms in total. The van der Waals surface area contributed by atoms with Gasteiger partial charge >= 0.3 is 0 Å². The summed E-state index contributed by atoms with van der Waals surface area (Å²) in [6, 6.07) is 0. The van der Waals surface area contributed by atoms with Gasteiger partial charge in [0.2, 0.25) is 5.91 Å². The Hall–Kier alpha value is -0.570. The number of carbonyl (C=O) groups is 1. The summed E-state index contributed by atoms with van der Waals surface area (Å²) in [5.41, 5.74) is 5.45. The first-order chi connectivity index (χ1) is 6.25.